The van der Waals surface area contributed by atoms with Crippen molar-refractivity contribution in [1.82, 2.24) is 4.90 Å². The number of rotatable bonds is 7. The predicted molar refractivity (Wildman–Crippen MR) is 120 cm³/mol. The Hall–Kier alpha value is -3.31. The molecule has 2 unspecified atom stereocenters. The lowest BCUT2D eigenvalue weighted by Gasteiger charge is -2.38. The first-order valence-electron chi connectivity index (χ1n) is 10.6. The van der Waals surface area contributed by atoms with Gasteiger partial charge in [0.1, 0.15) is 17.2 Å². The Bertz CT molecular complexity index is 1020. The number of carbonyl (C=O) groups is 1. The van der Waals surface area contributed by atoms with E-state index in [-0.39, 0.29) is 12.0 Å². The van der Waals surface area contributed by atoms with Crippen molar-refractivity contribution in [1.29, 1.82) is 0 Å². The maximum atomic E-state index is 11.7. The van der Waals surface area contributed by atoms with Crippen molar-refractivity contribution < 1.29 is 19.4 Å². The first-order chi connectivity index (χ1) is 15.2. The van der Waals surface area contributed by atoms with Crippen LogP contribution < -0.4 is 9.47 Å². The minimum absolute atomic E-state index is 0.127. The second kappa shape index (κ2) is 9.67. The molecule has 0 aromatic heterocycles. The molecule has 1 N–H and O–H groups in total. The molecule has 5 heteroatoms. The highest BCUT2D eigenvalue weighted by Gasteiger charge is 2.32. The molecule has 1 aliphatic rings. The van der Waals surface area contributed by atoms with E-state index in [2.05, 4.69) is 17.0 Å². The van der Waals surface area contributed by atoms with Gasteiger partial charge in [-0.1, -0.05) is 48.5 Å². The maximum absolute atomic E-state index is 11.7. The van der Waals surface area contributed by atoms with Crippen LogP contribution in [0.25, 0.3) is 0 Å². The van der Waals surface area contributed by atoms with Crippen molar-refractivity contribution in [3.05, 3.63) is 90.0 Å². The quantitative estimate of drug-likeness (QED) is 0.560. The van der Waals surface area contributed by atoms with Crippen LogP contribution in [0.4, 0.5) is 0 Å². The number of hydrogen-bond donors (Lipinski definition) is 1. The molecule has 31 heavy (non-hydrogen) atoms. The lowest BCUT2D eigenvalue weighted by molar-refractivity contribution is -0.143. The first-order valence-corrected chi connectivity index (χ1v) is 10.6. The van der Waals surface area contributed by atoms with Gasteiger partial charge in [-0.3, -0.25) is 9.69 Å². The van der Waals surface area contributed by atoms with Crippen molar-refractivity contribution in [2.24, 2.45) is 5.92 Å². The van der Waals surface area contributed by atoms with E-state index in [1.54, 1.807) is 7.11 Å². The van der Waals surface area contributed by atoms with Gasteiger partial charge in [0.15, 0.2) is 0 Å². The molecule has 0 spiro atoms. The number of aliphatic carboxylic acids is 1. The fourth-order valence-corrected chi connectivity index (χ4v) is 4.29. The van der Waals surface area contributed by atoms with Gasteiger partial charge < -0.3 is 14.6 Å². The third kappa shape index (κ3) is 4.89. The summed E-state index contributed by atoms with van der Waals surface area (Å²) < 4.78 is 11.7. The monoisotopic (exact) mass is 417 g/mol. The topological polar surface area (TPSA) is 59.0 Å². The summed E-state index contributed by atoms with van der Waals surface area (Å²) in [6, 6.07) is 25.5. The Kier molecular flexibility index (Phi) is 6.53. The molecule has 0 bridgehead atoms. The summed E-state index contributed by atoms with van der Waals surface area (Å²) in [6.07, 6.45) is 1.56. The molecule has 0 saturated carbocycles. The van der Waals surface area contributed by atoms with Crippen molar-refractivity contribution in [2.75, 3.05) is 20.2 Å². The van der Waals surface area contributed by atoms with Crippen LogP contribution in [0.15, 0.2) is 78.9 Å². The van der Waals surface area contributed by atoms with Crippen molar-refractivity contribution in [2.45, 2.75) is 18.9 Å². The standard InChI is InChI=1S/C26H27NO4/c1-30-24-15-6-5-14-23(24)25(27-16-8-10-20(18-27)26(28)29)19-9-7-13-22(17-19)31-21-11-3-2-4-12-21/h2-7,9,11-15,17,20,25H,8,10,16,18H2,1H3,(H,28,29). The number of carboxylic acids is 1. The number of piperidine rings is 1. The van der Waals surface area contributed by atoms with Gasteiger partial charge >= 0.3 is 5.97 Å². The molecule has 1 fully saturated rings. The van der Waals surface area contributed by atoms with Crippen LogP contribution in [-0.2, 0) is 4.79 Å². The number of hydrogen-bond acceptors (Lipinski definition) is 4. The van der Waals surface area contributed by atoms with E-state index in [1.165, 1.54) is 0 Å². The van der Waals surface area contributed by atoms with E-state index < -0.39 is 5.97 Å². The summed E-state index contributed by atoms with van der Waals surface area (Å²) >= 11 is 0. The van der Waals surface area contributed by atoms with Crippen LogP contribution in [-0.4, -0.2) is 36.2 Å². The maximum Gasteiger partial charge on any atom is 0.307 e. The van der Waals surface area contributed by atoms with Gasteiger partial charge in [0, 0.05) is 12.1 Å². The lowest BCUT2D eigenvalue weighted by atomic mass is 9.91. The van der Waals surface area contributed by atoms with E-state index in [4.69, 9.17) is 9.47 Å². The third-order valence-corrected chi connectivity index (χ3v) is 5.75. The third-order valence-electron chi connectivity index (χ3n) is 5.75. The Morgan fingerprint density at radius 3 is 2.52 bits per heavy atom. The number of likely N-dealkylation sites (tertiary alicyclic amines) is 1. The first kappa shape index (κ1) is 20.9. The second-order valence-electron chi connectivity index (χ2n) is 7.80. The molecular formula is C26H27NO4. The predicted octanol–water partition coefficient (Wildman–Crippen LogP) is 5.37. The highest BCUT2D eigenvalue weighted by atomic mass is 16.5. The van der Waals surface area contributed by atoms with Gasteiger partial charge in [-0.2, -0.15) is 0 Å². The minimum atomic E-state index is -0.732. The van der Waals surface area contributed by atoms with Gasteiger partial charge in [-0.25, -0.2) is 0 Å². The van der Waals surface area contributed by atoms with E-state index in [9.17, 15) is 9.90 Å². The van der Waals surface area contributed by atoms with E-state index in [0.717, 1.165) is 41.3 Å². The molecule has 0 aliphatic carbocycles. The summed E-state index contributed by atoms with van der Waals surface area (Å²) in [5.41, 5.74) is 2.07. The average molecular weight is 418 g/mol. The fourth-order valence-electron chi connectivity index (χ4n) is 4.29. The van der Waals surface area contributed by atoms with Crippen LogP contribution in [0.5, 0.6) is 17.2 Å². The van der Waals surface area contributed by atoms with E-state index in [1.807, 2.05) is 66.7 Å². The highest BCUT2D eigenvalue weighted by Crippen LogP contribution is 2.38. The zero-order chi connectivity index (χ0) is 21.6. The Morgan fingerprint density at radius 1 is 1.00 bits per heavy atom. The molecule has 1 heterocycles. The number of methoxy groups -OCH3 is 1. The average Bonchev–Trinajstić information content (AvgIpc) is 2.81. The molecular weight excluding hydrogens is 390 g/mol. The van der Waals surface area contributed by atoms with Gasteiger partial charge in [0.2, 0.25) is 0 Å². The zero-order valence-electron chi connectivity index (χ0n) is 17.6. The van der Waals surface area contributed by atoms with Crippen molar-refractivity contribution in [3.8, 4) is 17.2 Å². The fraction of sp³-hybridized carbons (Fsp3) is 0.269. The molecule has 0 radical (unpaired) electrons. The molecule has 2 atom stereocenters. The molecule has 3 aromatic carbocycles. The van der Waals surface area contributed by atoms with Crippen molar-refractivity contribution >= 4 is 5.97 Å². The Balaban J connectivity index is 1.72. The van der Waals surface area contributed by atoms with Gasteiger partial charge in [0.25, 0.3) is 0 Å². The Labute approximate surface area is 182 Å². The highest BCUT2D eigenvalue weighted by molar-refractivity contribution is 5.70. The van der Waals surface area contributed by atoms with Gasteiger partial charge in [-0.15, -0.1) is 0 Å². The van der Waals surface area contributed by atoms with Crippen LogP contribution in [0.1, 0.15) is 30.0 Å². The van der Waals surface area contributed by atoms with Crippen LogP contribution in [0.3, 0.4) is 0 Å². The van der Waals surface area contributed by atoms with E-state index in [0.29, 0.717) is 13.0 Å². The van der Waals surface area contributed by atoms with E-state index >= 15 is 0 Å². The normalized spacial score (nSPS) is 17.6. The molecule has 1 saturated heterocycles. The molecule has 1 aliphatic heterocycles. The largest absolute Gasteiger partial charge is 0.496 e. The zero-order valence-corrected chi connectivity index (χ0v) is 17.6. The SMILES string of the molecule is COc1ccccc1C(c1cccc(Oc2ccccc2)c1)N1CCCC(C(=O)O)C1. The van der Waals surface area contributed by atoms with Crippen LogP contribution >= 0.6 is 0 Å². The molecule has 160 valence electrons. The molecule has 5 nitrogen and oxygen atoms in total. The number of para-hydroxylation sites is 2. The molecule has 4 rings (SSSR count). The summed E-state index contributed by atoms with van der Waals surface area (Å²) in [7, 11) is 1.67. The second-order valence-corrected chi connectivity index (χ2v) is 7.80. The number of nitrogens with zero attached hydrogens (tertiary/aromatic N) is 1. The van der Waals surface area contributed by atoms with Crippen molar-refractivity contribution in [3.63, 3.8) is 0 Å². The summed E-state index contributed by atoms with van der Waals surface area (Å²) in [6.45, 7) is 1.33. The summed E-state index contributed by atoms with van der Waals surface area (Å²) in [5.74, 6) is 1.21. The van der Waals surface area contributed by atoms with Crippen LogP contribution in [0, 0.1) is 5.92 Å². The van der Waals surface area contributed by atoms with Gasteiger partial charge in [-0.05, 0) is 55.3 Å². The number of benzene rings is 3. The van der Waals surface area contributed by atoms with Crippen LogP contribution in [0.2, 0.25) is 0 Å². The molecule has 0 amide bonds. The smallest absolute Gasteiger partial charge is 0.307 e. The summed E-state index contributed by atoms with van der Waals surface area (Å²) in [5, 5.41) is 9.62. The lowest BCUT2D eigenvalue weighted by Crippen LogP contribution is -2.41. The summed E-state index contributed by atoms with van der Waals surface area (Å²) in [4.78, 5) is 14.0. The number of carboxylic acid groups (broad SMARTS) is 1. The minimum Gasteiger partial charge on any atom is -0.496 e. The van der Waals surface area contributed by atoms with Gasteiger partial charge in [0.05, 0.1) is 19.1 Å². The molecule has 3 aromatic rings. The number of ether oxygens (including phenoxy) is 2. The Morgan fingerprint density at radius 2 is 1.74 bits per heavy atom.